The van der Waals surface area contributed by atoms with Crippen LogP contribution >= 0.6 is 0 Å². The molecule has 0 amide bonds. The molecular formula is C60H52. The van der Waals surface area contributed by atoms with Gasteiger partial charge in [0.2, 0.25) is 0 Å². The molecular weight excluding hydrogens is 721 g/mol. The average Bonchev–Trinajstić information content (AvgIpc) is 3.27. The van der Waals surface area contributed by atoms with Gasteiger partial charge in [0.1, 0.15) is 0 Å². The van der Waals surface area contributed by atoms with Crippen LogP contribution in [0.1, 0.15) is 55.6 Å². The smallest absolute Gasteiger partial charge is 0.00196 e. The maximum absolute atomic E-state index is 4.44. The van der Waals surface area contributed by atoms with E-state index in [4.69, 9.17) is 0 Å². The van der Waals surface area contributed by atoms with E-state index in [0.29, 0.717) is 0 Å². The van der Waals surface area contributed by atoms with Gasteiger partial charge in [-0.05, 0) is 138 Å². The Morgan fingerprint density at radius 1 is 0.267 bits per heavy atom. The molecule has 0 aliphatic heterocycles. The molecule has 60 heavy (non-hydrogen) atoms. The molecule has 8 aromatic carbocycles. The number of rotatable bonds is 16. The molecule has 8 rings (SSSR count). The van der Waals surface area contributed by atoms with Gasteiger partial charge in [-0.25, -0.2) is 0 Å². The van der Waals surface area contributed by atoms with E-state index in [9.17, 15) is 0 Å². The van der Waals surface area contributed by atoms with E-state index >= 15 is 0 Å². The standard InChI is InChI=1S/C60H52/c1-42(36-47-20-28-51(29-21-47)43(2)38-49-24-32-53(33-25-49)45(4)40-57-16-10-14-55-12-6-8-18-59(55)57)37-48-22-30-52(31-23-48)44(3)39-50-26-34-54(35-27-50)46(5)41-58-17-11-15-56-13-7-9-19-60(56)58/h6-35H,1-5,36-41H2. The summed E-state index contributed by atoms with van der Waals surface area (Å²) < 4.78 is 0. The molecule has 0 spiro atoms. The first-order valence-electron chi connectivity index (χ1n) is 20.9. The highest BCUT2D eigenvalue weighted by Crippen LogP contribution is 2.28. The molecule has 0 aliphatic rings. The minimum absolute atomic E-state index is 0.806. The first-order chi connectivity index (χ1) is 29.3. The normalized spacial score (nSPS) is 11.1. The van der Waals surface area contributed by atoms with Gasteiger partial charge in [-0.3, -0.25) is 0 Å². The zero-order chi connectivity index (χ0) is 41.4. The van der Waals surface area contributed by atoms with E-state index in [1.807, 2.05) is 0 Å². The quantitative estimate of drug-likeness (QED) is 0.0858. The summed E-state index contributed by atoms with van der Waals surface area (Å²) in [6.07, 6.45) is 4.96. The average molecular weight is 773 g/mol. The summed E-state index contributed by atoms with van der Waals surface area (Å²) in [5.41, 5.74) is 18.0. The van der Waals surface area contributed by atoms with Crippen LogP contribution in [0.5, 0.6) is 0 Å². The number of hydrogen-bond acceptors (Lipinski definition) is 0. The Balaban J connectivity index is 0.789. The Bertz CT molecular complexity index is 2630. The molecule has 0 fully saturated rings. The summed E-state index contributed by atoms with van der Waals surface area (Å²) in [5, 5.41) is 5.13. The van der Waals surface area contributed by atoms with Crippen LogP contribution in [-0.4, -0.2) is 0 Å². The van der Waals surface area contributed by atoms with Crippen molar-refractivity contribution < 1.29 is 0 Å². The molecule has 0 unspecified atom stereocenters. The fourth-order valence-corrected chi connectivity index (χ4v) is 8.33. The van der Waals surface area contributed by atoms with Crippen molar-refractivity contribution in [2.24, 2.45) is 0 Å². The molecule has 0 saturated carbocycles. The van der Waals surface area contributed by atoms with E-state index in [0.717, 1.165) is 60.8 Å². The van der Waals surface area contributed by atoms with Gasteiger partial charge in [-0.1, -0.05) is 220 Å². The highest BCUT2D eigenvalue weighted by molar-refractivity contribution is 5.88. The van der Waals surface area contributed by atoms with Crippen LogP contribution in [0.25, 0.3) is 43.8 Å². The lowest BCUT2D eigenvalue weighted by molar-refractivity contribution is 1.04. The maximum atomic E-state index is 4.44. The van der Waals surface area contributed by atoms with E-state index in [1.54, 1.807) is 0 Å². The van der Waals surface area contributed by atoms with Crippen LogP contribution in [0.3, 0.4) is 0 Å². The van der Waals surface area contributed by atoms with Crippen LogP contribution in [0.15, 0.2) is 220 Å². The Morgan fingerprint density at radius 2 is 0.550 bits per heavy atom. The number of allylic oxidation sites excluding steroid dienone is 5. The van der Waals surface area contributed by atoms with Gasteiger partial charge in [0.05, 0.1) is 0 Å². The van der Waals surface area contributed by atoms with Crippen LogP contribution < -0.4 is 0 Å². The van der Waals surface area contributed by atoms with Crippen molar-refractivity contribution in [1.82, 2.24) is 0 Å². The summed E-state index contributed by atoms with van der Waals surface area (Å²) in [6, 6.07) is 65.4. The van der Waals surface area contributed by atoms with E-state index in [2.05, 4.69) is 215 Å². The van der Waals surface area contributed by atoms with Gasteiger partial charge in [-0.2, -0.15) is 0 Å². The Hall–Kier alpha value is -7.02. The van der Waals surface area contributed by atoms with Crippen LogP contribution in [0.2, 0.25) is 0 Å². The van der Waals surface area contributed by atoms with Gasteiger partial charge in [0.15, 0.2) is 0 Å². The monoisotopic (exact) mass is 772 g/mol. The number of hydrogen-bond donors (Lipinski definition) is 0. The maximum Gasteiger partial charge on any atom is -0.00196 e. The SMILES string of the molecule is C=C(Cc1ccc(C(=C)Cc2ccc(C(=C)Cc3cccc4ccccc34)cc2)cc1)Cc1ccc(C(=C)Cc2ccc(C(=C)Cc3cccc4ccccc34)cc2)cc1. The van der Waals surface area contributed by atoms with Gasteiger partial charge < -0.3 is 0 Å². The summed E-state index contributed by atoms with van der Waals surface area (Å²) in [5.74, 6) is 0. The Morgan fingerprint density at radius 3 is 0.900 bits per heavy atom. The third-order valence-electron chi connectivity index (χ3n) is 11.8. The predicted molar refractivity (Wildman–Crippen MR) is 261 cm³/mol. The fraction of sp³-hybridized carbons (Fsp3) is 0.100. The van der Waals surface area contributed by atoms with Crippen LogP contribution in [0.4, 0.5) is 0 Å². The van der Waals surface area contributed by atoms with Crippen molar-refractivity contribution in [3.05, 3.63) is 276 Å². The van der Waals surface area contributed by atoms with E-state index < -0.39 is 0 Å². The molecule has 0 heterocycles. The van der Waals surface area contributed by atoms with Crippen molar-refractivity contribution in [2.75, 3.05) is 0 Å². The molecule has 0 aliphatic carbocycles. The van der Waals surface area contributed by atoms with Gasteiger partial charge in [-0.15, -0.1) is 0 Å². The molecule has 0 bridgehead atoms. The zero-order valence-electron chi connectivity index (χ0n) is 34.6. The van der Waals surface area contributed by atoms with Crippen LogP contribution in [0, 0.1) is 0 Å². The van der Waals surface area contributed by atoms with Crippen LogP contribution in [-0.2, 0) is 38.5 Å². The molecule has 292 valence electrons. The third-order valence-corrected chi connectivity index (χ3v) is 11.8. The summed E-state index contributed by atoms with van der Waals surface area (Å²) in [7, 11) is 0. The first-order valence-corrected chi connectivity index (χ1v) is 20.9. The Labute approximate surface area is 356 Å². The largest absolute Gasteiger partial charge is 0.0992 e. The van der Waals surface area contributed by atoms with Crippen molar-refractivity contribution >= 4 is 43.8 Å². The molecule has 8 aromatic rings. The lowest BCUT2D eigenvalue weighted by Crippen LogP contribution is -1.96. The second kappa shape index (κ2) is 18.3. The molecule has 0 radical (unpaired) electrons. The minimum atomic E-state index is 0.806. The lowest BCUT2D eigenvalue weighted by atomic mass is 9.93. The van der Waals surface area contributed by atoms with Crippen molar-refractivity contribution in [3.63, 3.8) is 0 Å². The topological polar surface area (TPSA) is 0 Å². The molecule has 0 atom stereocenters. The van der Waals surface area contributed by atoms with Gasteiger partial charge in [0, 0.05) is 0 Å². The fourth-order valence-electron chi connectivity index (χ4n) is 8.33. The molecule has 0 saturated heterocycles. The molecule has 0 N–H and O–H groups in total. The van der Waals surface area contributed by atoms with Gasteiger partial charge >= 0.3 is 0 Å². The number of fused-ring (bicyclic) bond motifs is 2. The molecule has 0 aromatic heterocycles. The molecule has 0 nitrogen and oxygen atoms in total. The predicted octanol–water partition coefficient (Wildman–Crippen LogP) is 15.4. The first kappa shape index (κ1) is 39.8. The highest BCUT2D eigenvalue weighted by Gasteiger charge is 2.10. The van der Waals surface area contributed by atoms with Crippen molar-refractivity contribution in [3.8, 4) is 0 Å². The highest BCUT2D eigenvalue weighted by atomic mass is 14.1. The third kappa shape index (κ3) is 9.63. The van der Waals surface area contributed by atoms with Gasteiger partial charge in [0.25, 0.3) is 0 Å². The zero-order valence-corrected chi connectivity index (χ0v) is 34.6. The summed E-state index contributed by atoms with van der Waals surface area (Å²) in [4.78, 5) is 0. The summed E-state index contributed by atoms with van der Waals surface area (Å²) >= 11 is 0. The van der Waals surface area contributed by atoms with E-state index in [1.165, 1.54) is 82.8 Å². The Kier molecular flexibility index (Phi) is 12.1. The lowest BCUT2D eigenvalue weighted by Gasteiger charge is -2.12. The molecule has 0 heteroatoms. The second-order valence-electron chi connectivity index (χ2n) is 16.3. The summed E-state index contributed by atoms with van der Waals surface area (Å²) in [6.45, 7) is 22.2. The van der Waals surface area contributed by atoms with E-state index in [-0.39, 0.29) is 0 Å². The van der Waals surface area contributed by atoms with Crippen molar-refractivity contribution in [2.45, 2.75) is 38.5 Å². The second-order valence-corrected chi connectivity index (χ2v) is 16.3. The van der Waals surface area contributed by atoms with Crippen molar-refractivity contribution in [1.29, 1.82) is 0 Å². The minimum Gasteiger partial charge on any atom is -0.0992 e. The number of benzene rings is 8.